The molecule has 130 valence electrons. The third-order valence-corrected chi connectivity index (χ3v) is 4.41. The summed E-state index contributed by atoms with van der Waals surface area (Å²) in [5.41, 5.74) is 3.53. The fourth-order valence-corrected chi connectivity index (χ4v) is 3.05. The van der Waals surface area contributed by atoms with Gasteiger partial charge in [0.1, 0.15) is 0 Å². The number of rotatable bonds is 7. The van der Waals surface area contributed by atoms with Crippen molar-refractivity contribution < 1.29 is 9.47 Å². The van der Waals surface area contributed by atoms with Crippen LogP contribution in [0.2, 0.25) is 0 Å². The number of ether oxygens (including phenoxy) is 2. The molecule has 0 unspecified atom stereocenters. The Morgan fingerprint density at radius 3 is 2.48 bits per heavy atom. The van der Waals surface area contributed by atoms with Crippen molar-refractivity contribution in [1.29, 1.82) is 0 Å². The van der Waals surface area contributed by atoms with E-state index in [4.69, 9.17) is 9.47 Å². The number of para-hydroxylation sites is 1. The number of pyridine rings is 1. The van der Waals surface area contributed by atoms with E-state index in [0.29, 0.717) is 0 Å². The van der Waals surface area contributed by atoms with E-state index in [1.165, 1.54) is 16.5 Å². The molecule has 0 fully saturated rings. The van der Waals surface area contributed by atoms with E-state index in [1.807, 2.05) is 24.4 Å². The lowest BCUT2D eigenvalue weighted by Crippen LogP contribution is -2.22. The summed E-state index contributed by atoms with van der Waals surface area (Å²) in [5, 5.41) is 1.18. The quantitative estimate of drug-likeness (QED) is 0.645. The Morgan fingerprint density at radius 2 is 1.72 bits per heavy atom. The Bertz CT molecular complexity index is 843. The summed E-state index contributed by atoms with van der Waals surface area (Å²) in [5.74, 6) is 1.52. The maximum Gasteiger partial charge on any atom is 0.161 e. The van der Waals surface area contributed by atoms with E-state index in [2.05, 4.69) is 47.1 Å². The molecular weight excluding hydrogens is 312 g/mol. The standard InChI is InChI=1S/C21H24N2O2/c1-4-23(14-16-10-11-19(24-2)20(13-16)25-3)15-18-8-5-7-17-9-6-12-22-21(17)18/h5-13H,4,14-15H2,1-3H3. The van der Waals surface area contributed by atoms with Crippen molar-refractivity contribution in [1.82, 2.24) is 9.88 Å². The number of hydrogen-bond donors (Lipinski definition) is 0. The predicted molar refractivity (Wildman–Crippen MR) is 101 cm³/mol. The highest BCUT2D eigenvalue weighted by Crippen LogP contribution is 2.28. The molecule has 0 amide bonds. The van der Waals surface area contributed by atoms with E-state index in [9.17, 15) is 0 Å². The zero-order chi connectivity index (χ0) is 17.6. The Balaban J connectivity index is 1.81. The first-order valence-corrected chi connectivity index (χ1v) is 8.51. The van der Waals surface area contributed by atoms with Gasteiger partial charge in [0.2, 0.25) is 0 Å². The van der Waals surface area contributed by atoms with Gasteiger partial charge in [0.25, 0.3) is 0 Å². The largest absolute Gasteiger partial charge is 0.493 e. The molecule has 0 saturated carbocycles. The summed E-state index contributed by atoms with van der Waals surface area (Å²) in [6.45, 7) is 4.84. The molecule has 3 rings (SSSR count). The molecule has 1 heterocycles. The number of nitrogens with zero attached hydrogens (tertiary/aromatic N) is 2. The van der Waals surface area contributed by atoms with Crippen LogP contribution in [0, 0.1) is 0 Å². The molecule has 0 aliphatic carbocycles. The Kier molecular flexibility index (Phi) is 5.51. The second-order valence-corrected chi connectivity index (χ2v) is 5.98. The minimum absolute atomic E-state index is 0.757. The lowest BCUT2D eigenvalue weighted by atomic mass is 10.1. The topological polar surface area (TPSA) is 34.6 Å². The Hall–Kier alpha value is -2.59. The van der Waals surface area contributed by atoms with Crippen molar-refractivity contribution in [3.8, 4) is 11.5 Å². The molecule has 0 N–H and O–H groups in total. The summed E-state index contributed by atoms with van der Waals surface area (Å²) < 4.78 is 10.7. The Morgan fingerprint density at radius 1 is 0.920 bits per heavy atom. The van der Waals surface area contributed by atoms with Gasteiger partial charge in [-0.05, 0) is 35.9 Å². The van der Waals surface area contributed by atoms with Crippen LogP contribution in [0.5, 0.6) is 11.5 Å². The van der Waals surface area contributed by atoms with Gasteiger partial charge < -0.3 is 9.47 Å². The van der Waals surface area contributed by atoms with Gasteiger partial charge in [0.15, 0.2) is 11.5 Å². The molecule has 4 heteroatoms. The summed E-state index contributed by atoms with van der Waals surface area (Å²) >= 11 is 0. The SMILES string of the molecule is CCN(Cc1ccc(OC)c(OC)c1)Cc1cccc2cccnc12. The van der Waals surface area contributed by atoms with Gasteiger partial charge in [0, 0.05) is 24.7 Å². The van der Waals surface area contributed by atoms with E-state index in [-0.39, 0.29) is 0 Å². The first-order valence-electron chi connectivity index (χ1n) is 8.51. The number of fused-ring (bicyclic) bond motifs is 1. The van der Waals surface area contributed by atoms with Crippen molar-refractivity contribution in [3.63, 3.8) is 0 Å². The zero-order valence-electron chi connectivity index (χ0n) is 15.0. The highest BCUT2D eigenvalue weighted by atomic mass is 16.5. The smallest absolute Gasteiger partial charge is 0.161 e. The summed E-state index contributed by atoms with van der Waals surface area (Å²) in [7, 11) is 3.32. The monoisotopic (exact) mass is 336 g/mol. The van der Waals surface area contributed by atoms with Gasteiger partial charge in [-0.15, -0.1) is 0 Å². The van der Waals surface area contributed by atoms with Gasteiger partial charge >= 0.3 is 0 Å². The van der Waals surface area contributed by atoms with Crippen LogP contribution in [-0.2, 0) is 13.1 Å². The second kappa shape index (κ2) is 7.99. The fourth-order valence-electron chi connectivity index (χ4n) is 3.05. The molecule has 0 bridgehead atoms. The van der Waals surface area contributed by atoms with E-state index in [0.717, 1.165) is 36.6 Å². The molecule has 0 radical (unpaired) electrons. The average molecular weight is 336 g/mol. The van der Waals surface area contributed by atoms with Crippen LogP contribution in [0.15, 0.2) is 54.7 Å². The molecule has 0 aliphatic rings. The van der Waals surface area contributed by atoms with E-state index in [1.54, 1.807) is 14.2 Å². The molecule has 0 saturated heterocycles. The molecule has 2 aromatic carbocycles. The molecule has 0 atom stereocenters. The van der Waals surface area contributed by atoms with Crippen molar-refractivity contribution in [3.05, 3.63) is 65.9 Å². The number of aromatic nitrogens is 1. The van der Waals surface area contributed by atoms with Crippen LogP contribution in [0.25, 0.3) is 10.9 Å². The summed E-state index contributed by atoms with van der Waals surface area (Å²) in [6, 6.07) is 16.5. The molecule has 4 nitrogen and oxygen atoms in total. The molecule has 0 spiro atoms. The zero-order valence-corrected chi connectivity index (χ0v) is 15.0. The van der Waals surface area contributed by atoms with Crippen molar-refractivity contribution in [2.75, 3.05) is 20.8 Å². The van der Waals surface area contributed by atoms with Crippen LogP contribution < -0.4 is 9.47 Å². The first-order chi connectivity index (χ1) is 12.2. The van der Waals surface area contributed by atoms with Crippen molar-refractivity contribution in [2.24, 2.45) is 0 Å². The average Bonchev–Trinajstić information content (AvgIpc) is 2.67. The molecule has 3 aromatic rings. The third kappa shape index (κ3) is 3.91. The highest BCUT2D eigenvalue weighted by Gasteiger charge is 2.11. The molecule has 25 heavy (non-hydrogen) atoms. The number of methoxy groups -OCH3 is 2. The van der Waals surface area contributed by atoms with Crippen molar-refractivity contribution >= 4 is 10.9 Å². The fraction of sp³-hybridized carbons (Fsp3) is 0.286. The van der Waals surface area contributed by atoms with Crippen LogP contribution in [0.3, 0.4) is 0 Å². The van der Waals surface area contributed by atoms with Crippen molar-refractivity contribution in [2.45, 2.75) is 20.0 Å². The van der Waals surface area contributed by atoms with Crippen LogP contribution >= 0.6 is 0 Å². The number of hydrogen-bond acceptors (Lipinski definition) is 4. The van der Waals surface area contributed by atoms with E-state index >= 15 is 0 Å². The number of benzene rings is 2. The normalized spacial score (nSPS) is 11.0. The maximum absolute atomic E-state index is 5.41. The Labute approximate surface area is 149 Å². The van der Waals surface area contributed by atoms with Gasteiger partial charge in [-0.3, -0.25) is 9.88 Å². The van der Waals surface area contributed by atoms with Gasteiger partial charge in [-0.25, -0.2) is 0 Å². The lowest BCUT2D eigenvalue weighted by molar-refractivity contribution is 0.271. The first kappa shape index (κ1) is 17.2. The van der Waals surface area contributed by atoms with Crippen LogP contribution in [-0.4, -0.2) is 30.6 Å². The maximum atomic E-state index is 5.41. The summed E-state index contributed by atoms with van der Waals surface area (Å²) in [6.07, 6.45) is 1.86. The van der Waals surface area contributed by atoms with Crippen LogP contribution in [0.1, 0.15) is 18.1 Å². The summed E-state index contributed by atoms with van der Waals surface area (Å²) in [4.78, 5) is 6.96. The second-order valence-electron chi connectivity index (χ2n) is 5.98. The highest BCUT2D eigenvalue weighted by molar-refractivity contribution is 5.81. The van der Waals surface area contributed by atoms with Gasteiger partial charge in [0.05, 0.1) is 19.7 Å². The van der Waals surface area contributed by atoms with Gasteiger partial charge in [-0.2, -0.15) is 0 Å². The third-order valence-electron chi connectivity index (χ3n) is 4.41. The minimum Gasteiger partial charge on any atom is -0.493 e. The molecule has 0 aliphatic heterocycles. The van der Waals surface area contributed by atoms with Gasteiger partial charge in [-0.1, -0.05) is 37.3 Å². The predicted octanol–water partition coefficient (Wildman–Crippen LogP) is 4.27. The lowest BCUT2D eigenvalue weighted by Gasteiger charge is -2.22. The van der Waals surface area contributed by atoms with Crippen LogP contribution in [0.4, 0.5) is 0 Å². The van der Waals surface area contributed by atoms with E-state index < -0.39 is 0 Å². The molecule has 1 aromatic heterocycles. The minimum atomic E-state index is 0.757. The molecular formula is C21H24N2O2.